The molecule has 0 radical (unpaired) electrons. The van der Waals surface area contributed by atoms with Crippen molar-refractivity contribution in [3.63, 3.8) is 0 Å². The van der Waals surface area contributed by atoms with E-state index in [-0.39, 0.29) is 5.92 Å². The quantitative estimate of drug-likeness (QED) is 0.818. The fraction of sp³-hybridized carbons (Fsp3) is 0.278. The maximum Gasteiger partial charge on any atom is 0.160 e. The Morgan fingerprint density at radius 1 is 0.909 bits per heavy atom. The Labute approximate surface area is 130 Å². The number of hydrogen-bond acceptors (Lipinski definition) is 4. The molecule has 1 atom stereocenters. The Morgan fingerprint density at radius 2 is 1.59 bits per heavy atom. The van der Waals surface area contributed by atoms with Gasteiger partial charge in [0.15, 0.2) is 11.5 Å². The summed E-state index contributed by atoms with van der Waals surface area (Å²) < 4.78 is 15.7. The standard InChI is InChI=1S/C18H19NO3/c1-20-16-7-5-14(6-8-16)15(12-19)10-13-4-9-17(21-2)18(11-13)22-3/h4-9,11,15H,10H2,1-3H3. The Hall–Kier alpha value is -2.67. The number of ether oxygens (including phenoxy) is 3. The Balaban J connectivity index is 2.21. The van der Waals surface area contributed by atoms with E-state index in [4.69, 9.17) is 14.2 Å². The average Bonchev–Trinajstić information content (AvgIpc) is 2.59. The van der Waals surface area contributed by atoms with Crippen LogP contribution in [-0.4, -0.2) is 21.3 Å². The number of benzene rings is 2. The molecule has 2 aromatic rings. The maximum atomic E-state index is 9.46. The van der Waals surface area contributed by atoms with Crippen molar-refractivity contribution < 1.29 is 14.2 Å². The van der Waals surface area contributed by atoms with E-state index < -0.39 is 0 Å². The Bertz CT molecular complexity index is 659. The van der Waals surface area contributed by atoms with Crippen molar-refractivity contribution in [1.82, 2.24) is 0 Å². The van der Waals surface area contributed by atoms with Gasteiger partial charge >= 0.3 is 0 Å². The van der Waals surface area contributed by atoms with Crippen LogP contribution in [-0.2, 0) is 6.42 Å². The van der Waals surface area contributed by atoms with Crippen molar-refractivity contribution in [2.45, 2.75) is 12.3 Å². The first kappa shape index (κ1) is 15.7. The lowest BCUT2D eigenvalue weighted by atomic mass is 9.93. The highest BCUT2D eigenvalue weighted by Crippen LogP contribution is 2.30. The minimum atomic E-state index is -0.219. The second-order valence-corrected chi connectivity index (χ2v) is 4.85. The topological polar surface area (TPSA) is 51.5 Å². The molecule has 0 N–H and O–H groups in total. The molecule has 0 saturated heterocycles. The van der Waals surface area contributed by atoms with Crippen molar-refractivity contribution in [2.75, 3.05) is 21.3 Å². The Morgan fingerprint density at radius 3 is 2.14 bits per heavy atom. The van der Waals surface area contributed by atoms with Crippen LogP contribution in [0.3, 0.4) is 0 Å². The molecule has 22 heavy (non-hydrogen) atoms. The van der Waals surface area contributed by atoms with E-state index in [1.165, 1.54) is 0 Å². The molecule has 2 rings (SSSR count). The van der Waals surface area contributed by atoms with Crippen molar-refractivity contribution in [1.29, 1.82) is 5.26 Å². The number of nitrogens with zero attached hydrogens (tertiary/aromatic N) is 1. The lowest BCUT2D eigenvalue weighted by molar-refractivity contribution is 0.354. The molecule has 0 saturated carbocycles. The van der Waals surface area contributed by atoms with Crippen LogP contribution in [0.1, 0.15) is 17.0 Å². The van der Waals surface area contributed by atoms with Crippen molar-refractivity contribution in [3.05, 3.63) is 53.6 Å². The van der Waals surface area contributed by atoms with Crippen LogP contribution < -0.4 is 14.2 Å². The minimum absolute atomic E-state index is 0.219. The van der Waals surface area contributed by atoms with Gasteiger partial charge < -0.3 is 14.2 Å². The van der Waals surface area contributed by atoms with Crippen LogP contribution in [0.2, 0.25) is 0 Å². The number of hydrogen-bond donors (Lipinski definition) is 0. The zero-order valence-electron chi connectivity index (χ0n) is 13.0. The lowest BCUT2D eigenvalue weighted by Gasteiger charge is -2.13. The molecule has 4 heteroatoms. The molecule has 4 nitrogen and oxygen atoms in total. The van der Waals surface area contributed by atoms with Crippen molar-refractivity contribution in [2.24, 2.45) is 0 Å². The minimum Gasteiger partial charge on any atom is -0.497 e. The summed E-state index contributed by atoms with van der Waals surface area (Å²) >= 11 is 0. The van der Waals surface area contributed by atoms with Crippen LogP contribution in [0.15, 0.2) is 42.5 Å². The van der Waals surface area contributed by atoms with Gasteiger partial charge in [0.2, 0.25) is 0 Å². The molecule has 0 aliphatic heterocycles. The van der Waals surface area contributed by atoms with E-state index in [1.54, 1.807) is 21.3 Å². The molecular formula is C18H19NO3. The Kier molecular flexibility index (Phi) is 5.26. The van der Waals surface area contributed by atoms with Gasteiger partial charge in [-0.15, -0.1) is 0 Å². The molecule has 0 aliphatic rings. The van der Waals surface area contributed by atoms with E-state index in [0.717, 1.165) is 16.9 Å². The normalized spacial score (nSPS) is 11.4. The summed E-state index contributed by atoms with van der Waals surface area (Å²) in [5.41, 5.74) is 2.00. The number of methoxy groups -OCH3 is 3. The summed E-state index contributed by atoms with van der Waals surface area (Å²) in [5, 5.41) is 9.46. The zero-order valence-corrected chi connectivity index (χ0v) is 13.0. The fourth-order valence-electron chi connectivity index (χ4n) is 2.32. The summed E-state index contributed by atoms with van der Waals surface area (Å²) in [6, 6.07) is 15.7. The summed E-state index contributed by atoms with van der Waals surface area (Å²) in [6.07, 6.45) is 0.614. The van der Waals surface area contributed by atoms with Crippen LogP contribution in [0, 0.1) is 11.3 Å². The van der Waals surface area contributed by atoms with Crippen LogP contribution in [0.4, 0.5) is 0 Å². The van der Waals surface area contributed by atoms with Gasteiger partial charge in [0.05, 0.1) is 33.3 Å². The van der Waals surface area contributed by atoms with Crippen LogP contribution in [0.5, 0.6) is 17.2 Å². The highest BCUT2D eigenvalue weighted by atomic mass is 16.5. The highest BCUT2D eigenvalue weighted by molar-refractivity contribution is 5.44. The molecule has 1 unspecified atom stereocenters. The third-order valence-electron chi connectivity index (χ3n) is 3.56. The smallest absolute Gasteiger partial charge is 0.160 e. The molecule has 114 valence electrons. The third kappa shape index (κ3) is 3.50. The molecule has 2 aromatic carbocycles. The second-order valence-electron chi connectivity index (χ2n) is 4.85. The summed E-state index contributed by atoms with van der Waals surface area (Å²) in [6.45, 7) is 0. The van der Waals surface area contributed by atoms with E-state index in [9.17, 15) is 5.26 Å². The molecule has 0 aromatic heterocycles. The molecule has 0 bridgehead atoms. The van der Waals surface area contributed by atoms with E-state index in [2.05, 4.69) is 6.07 Å². The van der Waals surface area contributed by atoms with Crippen LogP contribution in [0.25, 0.3) is 0 Å². The first-order chi connectivity index (χ1) is 10.7. The molecular weight excluding hydrogens is 278 g/mol. The first-order valence-electron chi connectivity index (χ1n) is 6.96. The summed E-state index contributed by atoms with van der Waals surface area (Å²) in [5.74, 6) is 1.92. The van der Waals surface area contributed by atoms with Crippen molar-refractivity contribution >= 4 is 0 Å². The number of nitriles is 1. The average molecular weight is 297 g/mol. The van der Waals surface area contributed by atoms with Gasteiger partial charge in [0.1, 0.15) is 5.75 Å². The highest BCUT2D eigenvalue weighted by Gasteiger charge is 2.13. The second kappa shape index (κ2) is 7.37. The van der Waals surface area contributed by atoms with E-state index in [1.807, 2.05) is 42.5 Å². The van der Waals surface area contributed by atoms with E-state index >= 15 is 0 Å². The number of rotatable bonds is 6. The van der Waals surface area contributed by atoms with Crippen LogP contribution >= 0.6 is 0 Å². The van der Waals surface area contributed by atoms with Gasteiger partial charge in [-0.2, -0.15) is 5.26 Å². The summed E-state index contributed by atoms with van der Waals surface area (Å²) in [7, 11) is 4.83. The van der Waals surface area contributed by atoms with Gasteiger partial charge in [0, 0.05) is 0 Å². The van der Waals surface area contributed by atoms with E-state index in [0.29, 0.717) is 17.9 Å². The molecule has 0 fully saturated rings. The molecule has 0 aliphatic carbocycles. The summed E-state index contributed by atoms with van der Waals surface area (Å²) in [4.78, 5) is 0. The predicted molar refractivity (Wildman–Crippen MR) is 84.6 cm³/mol. The van der Waals surface area contributed by atoms with Crippen molar-refractivity contribution in [3.8, 4) is 23.3 Å². The molecule has 0 amide bonds. The molecule has 0 heterocycles. The van der Waals surface area contributed by atoms with Gasteiger partial charge in [-0.05, 0) is 41.8 Å². The monoisotopic (exact) mass is 297 g/mol. The van der Waals surface area contributed by atoms with Gasteiger partial charge in [-0.3, -0.25) is 0 Å². The van der Waals surface area contributed by atoms with Gasteiger partial charge in [-0.1, -0.05) is 18.2 Å². The first-order valence-corrected chi connectivity index (χ1v) is 6.96. The zero-order chi connectivity index (χ0) is 15.9. The van der Waals surface area contributed by atoms with Gasteiger partial charge in [0.25, 0.3) is 0 Å². The maximum absolute atomic E-state index is 9.46. The molecule has 0 spiro atoms. The van der Waals surface area contributed by atoms with Gasteiger partial charge in [-0.25, -0.2) is 0 Å². The SMILES string of the molecule is COc1ccc(C(C#N)Cc2ccc(OC)c(OC)c2)cc1. The lowest BCUT2D eigenvalue weighted by Crippen LogP contribution is -2.01. The largest absolute Gasteiger partial charge is 0.497 e. The predicted octanol–water partition coefficient (Wildman–Crippen LogP) is 3.56. The third-order valence-corrected chi connectivity index (χ3v) is 3.56. The fourth-order valence-corrected chi connectivity index (χ4v) is 2.32.